The summed E-state index contributed by atoms with van der Waals surface area (Å²) in [7, 11) is 3.07. The van der Waals surface area contributed by atoms with Crippen LogP contribution < -0.4 is 25.0 Å². The average Bonchev–Trinajstić information content (AvgIpc) is 3.10. The van der Waals surface area contributed by atoms with Crippen LogP contribution >= 0.6 is 0 Å². The van der Waals surface area contributed by atoms with E-state index in [0.717, 1.165) is 0 Å². The van der Waals surface area contributed by atoms with Crippen molar-refractivity contribution in [2.24, 2.45) is 5.92 Å². The largest absolute Gasteiger partial charge is 0.497 e. The third-order valence-electron chi connectivity index (χ3n) is 4.65. The number of carbonyl (C=O) groups is 3. The first-order valence-electron chi connectivity index (χ1n) is 9.12. The molecule has 2 aromatic carbocycles. The lowest BCUT2D eigenvalue weighted by atomic mass is 10.1. The number of carbonyl (C=O) groups excluding carboxylic acids is 3. The zero-order valence-corrected chi connectivity index (χ0v) is 16.5. The predicted octanol–water partition coefficient (Wildman–Crippen LogP) is 2.65. The number of rotatable bonds is 6. The Kier molecular flexibility index (Phi) is 6.01. The van der Waals surface area contributed by atoms with Crippen molar-refractivity contribution in [3.8, 4) is 11.5 Å². The first-order valence-corrected chi connectivity index (χ1v) is 9.12. The second-order valence-corrected chi connectivity index (χ2v) is 6.69. The normalized spacial score (nSPS) is 15.8. The Labute approximate surface area is 168 Å². The van der Waals surface area contributed by atoms with Crippen molar-refractivity contribution < 1.29 is 23.9 Å². The molecule has 29 heavy (non-hydrogen) atoms. The van der Waals surface area contributed by atoms with Gasteiger partial charge in [0.15, 0.2) is 0 Å². The predicted molar refractivity (Wildman–Crippen MR) is 109 cm³/mol. The smallest absolute Gasteiger partial charge is 0.229 e. The Balaban J connectivity index is 1.70. The molecule has 0 aromatic heterocycles. The van der Waals surface area contributed by atoms with Gasteiger partial charge in [-0.3, -0.25) is 14.4 Å². The van der Waals surface area contributed by atoms with Gasteiger partial charge in [-0.25, -0.2) is 0 Å². The van der Waals surface area contributed by atoms with E-state index in [1.54, 1.807) is 54.5 Å². The minimum atomic E-state index is -0.492. The van der Waals surface area contributed by atoms with Gasteiger partial charge < -0.3 is 25.0 Å². The molecule has 1 heterocycles. The second-order valence-electron chi connectivity index (χ2n) is 6.69. The Morgan fingerprint density at radius 1 is 1.00 bits per heavy atom. The summed E-state index contributed by atoms with van der Waals surface area (Å²) in [5.41, 5.74) is 1.81. The quantitative estimate of drug-likeness (QED) is 0.781. The zero-order valence-electron chi connectivity index (χ0n) is 16.5. The molecule has 8 nitrogen and oxygen atoms in total. The fourth-order valence-corrected chi connectivity index (χ4v) is 3.21. The summed E-state index contributed by atoms with van der Waals surface area (Å²) in [4.78, 5) is 37.9. The maximum absolute atomic E-state index is 12.7. The van der Waals surface area contributed by atoms with Crippen molar-refractivity contribution in [3.63, 3.8) is 0 Å². The van der Waals surface area contributed by atoms with Crippen LogP contribution in [0.3, 0.4) is 0 Å². The molecule has 0 radical (unpaired) electrons. The second kappa shape index (κ2) is 8.64. The molecule has 1 atom stereocenters. The van der Waals surface area contributed by atoms with E-state index in [1.165, 1.54) is 14.0 Å². The number of anilines is 3. The lowest BCUT2D eigenvalue weighted by Crippen LogP contribution is -2.28. The maximum Gasteiger partial charge on any atom is 0.229 e. The van der Waals surface area contributed by atoms with Crippen LogP contribution in [0.15, 0.2) is 42.5 Å². The van der Waals surface area contributed by atoms with Gasteiger partial charge in [0.2, 0.25) is 17.7 Å². The van der Waals surface area contributed by atoms with Crippen LogP contribution in [-0.2, 0) is 14.4 Å². The molecular weight excluding hydrogens is 374 g/mol. The van der Waals surface area contributed by atoms with Crippen LogP contribution in [0.25, 0.3) is 0 Å². The standard InChI is InChI=1S/C21H23N3O5/c1-13(25)22-15-4-6-16(7-5-15)23-21(27)14-10-20(26)24(12-14)18-11-17(28-2)8-9-19(18)29-3/h4-9,11,14H,10,12H2,1-3H3,(H,22,25)(H,23,27)/t14-/m0/s1. The van der Waals surface area contributed by atoms with Crippen LogP contribution in [0, 0.1) is 5.92 Å². The molecule has 152 valence electrons. The van der Waals surface area contributed by atoms with Gasteiger partial charge >= 0.3 is 0 Å². The molecular formula is C21H23N3O5. The van der Waals surface area contributed by atoms with E-state index in [4.69, 9.17) is 9.47 Å². The Hall–Kier alpha value is -3.55. The highest BCUT2D eigenvalue weighted by Crippen LogP contribution is 2.36. The number of hydrogen-bond donors (Lipinski definition) is 2. The van der Waals surface area contributed by atoms with Gasteiger partial charge in [0.1, 0.15) is 11.5 Å². The van der Waals surface area contributed by atoms with Gasteiger partial charge in [-0.1, -0.05) is 0 Å². The topological polar surface area (TPSA) is 97.0 Å². The number of amides is 3. The monoisotopic (exact) mass is 397 g/mol. The third-order valence-corrected chi connectivity index (χ3v) is 4.65. The van der Waals surface area contributed by atoms with E-state index in [1.807, 2.05) is 0 Å². The minimum Gasteiger partial charge on any atom is -0.497 e. The molecule has 0 aliphatic carbocycles. The van der Waals surface area contributed by atoms with Crippen molar-refractivity contribution in [3.05, 3.63) is 42.5 Å². The molecule has 0 bridgehead atoms. The maximum atomic E-state index is 12.7. The van der Waals surface area contributed by atoms with E-state index < -0.39 is 5.92 Å². The van der Waals surface area contributed by atoms with Crippen molar-refractivity contribution in [1.82, 2.24) is 0 Å². The number of benzene rings is 2. The van der Waals surface area contributed by atoms with Crippen LogP contribution in [-0.4, -0.2) is 38.5 Å². The Morgan fingerprint density at radius 3 is 2.24 bits per heavy atom. The highest BCUT2D eigenvalue weighted by Gasteiger charge is 2.36. The highest BCUT2D eigenvalue weighted by atomic mass is 16.5. The van der Waals surface area contributed by atoms with E-state index in [2.05, 4.69) is 10.6 Å². The summed E-state index contributed by atoms with van der Waals surface area (Å²) in [5.74, 6) is 0.0787. The number of ether oxygens (including phenoxy) is 2. The van der Waals surface area contributed by atoms with Crippen molar-refractivity contribution in [2.75, 3.05) is 36.3 Å². The first kappa shape index (κ1) is 20.2. The number of nitrogens with one attached hydrogen (secondary N) is 2. The van der Waals surface area contributed by atoms with Crippen LogP contribution in [0.5, 0.6) is 11.5 Å². The van der Waals surface area contributed by atoms with E-state index in [9.17, 15) is 14.4 Å². The summed E-state index contributed by atoms with van der Waals surface area (Å²) in [6.07, 6.45) is 0.107. The van der Waals surface area contributed by atoms with Gasteiger partial charge in [-0.2, -0.15) is 0 Å². The molecule has 0 spiro atoms. The Bertz CT molecular complexity index is 926. The van der Waals surface area contributed by atoms with Crippen LogP contribution in [0.2, 0.25) is 0 Å². The molecule has 1 aliphatic rings. The van der Waals surface area contributed by atoms with Crippen molar-refractivity contribution in [1.29, 1.82) is 0 Å². The fourth-order valence-electron chi connectivity index (χ4n) is 3.21. The average molecular weight is 397 g/mol. The van der Waals surface area contributed by atoms with Gasteiger partial charge in [-0.05, 0) is 36.4 Å². The van der Waals surface area contributed by atoms with Gasteiger partial charge in [0, 0.05) is 37.3 Å². The minimum absolute atomic E-state index is 0.107. The summed E-state index contributed by atoms with van der Waals surface area (Å²) in [6.45, 7) is 1.67. The van der Waals surface area contributed by atoms with E-state index >= 15 is 0 Å². The highest BCUT2D eigenvalue weighted by molar-refractivity contribution is 6.04. The SMILES string of the molecule is COc1ccc(OC)c(N2C[C@@H](C(=O)Nc3ccc(NC(C)=O)cc3)CC2=O)c1. The molecule has 1 fully saturated rings. The summed E-state index contributed by atoms with van der Waals surface area (Å²) >= 11 is 0. The summed E-state index contributed by atoms with van der Waals surface area (Å²) in [5, 5.41) is 5.49. The molecule has 3 rings (SSSR count). The van der Waals surface area contributed by atoms with Crippen molar-refractivity contribution >= 4 is 34.8 Å². The lowest BCUT2D eigenvalue weighted by Gasteiger charge is -2.20. The molecule has 1 aliphatic heterocycles. The molecule has 1 saturated heterocycles. The summed E-state index contributed by atoms with van der Waals surface area (Å²) in [6, 6.07) is 12.0. The summed E-state index contributed by atoms with van der Waals surface area (Å²) < 4.78 is 10.6. The van der Waals surface area contributed by atoms with Crippen LogP contribution in [0.1, 0.15) is 13.3 Å². The van der Waals surface area contributed by atoms with Gasteiger partial charge in [-0.15, -0.1) is 0 Å². The number of hydrogen-bond acceptors (Lipinski definition) is 5. The molecule has 2 N–H and O–H groups in total. The Morgan fingerprint density at radius 2 is 1.66 bits per heavy atom. The molecule has 3 amide bonds. The first-order chi connectivity index (χ1) is 13.9. The fraction of sp³-hybridized carbons (Fsp3) is 0.286. The number of nitrogens with zero attached hydrogens (tertiary/aromatic N) is 1. The van der Waals surface area contributed by atoms with Crippen molar-refractivity contribution in [2.45, 2.75) is 13.3 Å². The van der Waals surface area contributed by atoms with E-state index in [-0.39, 0.29) is 30.7 Å². The zero-order chi connectivity index (χ0) is 21.0. The molecule has 2 aromatic rings. The lowest BCUT2D eigenvalue weighted by molar-refractivity contribution is -0.122. The van der Waals surface area contributed by atoms with Gasteiger partial charge in [0.05, 0.1) is 25.8 Å². The van der Waals surface area contributed by atoms with Crippen LogP contribution in [0.4, 0.5) is 17.1 Å². The molecule has 0 saturated carbocycles. The third kappa shape index (κ3) is 4.66. The molecule has 0 unspecified atom stereocenters. The van der Waals surface area contributed by atoms with Gasteiger partial charge in [0.25, 0.3) is 0 Å². The molecule has 8 heteroatoms. The van der Waals surface area contributed by atoms with E-state index in [0.29, 0.717) is 28.6 Å². The number of methoxy groups -OCH3 is 2.